The topological polar surface area (TPSA) is 90.0 Å². The number of benzene rings is 2. The monoisotopic (exact) mass is 413 g/mol. The maximum Gasteiger partial charge on any atom is 0.282 e. The Kier molecular flexibility index (Phi) is 6.00. The summed E-state index contributed by atoms with van der Waals surface area (Å²) >= 11 is 5.92. The van der Waals surface area contributed by atoms with E-state index in [4.69, 9.17) is 11.6 Å². The van der Waals surface area contributed by atoms with Crippen molar-refractivity contribution in [3.8, 4) is 0 Å². The van der Waals surface area contributed by atoms with E-state index in [1.165, 1.54) is 6.92 Å². The molecule has 8 heteroatoms. The van der Waals surface area contributed by atoms with Gasteiger partial charge < -0.3 is 15.3 Å². The van der Waals surface area contributed by atoms with Crippen molar-refractivity contribution >= 4 is 46.3 Å². The van der Waals surface area contributed by atoms with Crippen molar-refractivity contribution in [1.82, 2.24) is 4.90 Å². The molecule has 2 aromatic rings. The summed E-state index contributed by atoms with van der Waals surface area (Å²) in [6, 6.07) is 13.1. The van der Waals surface area contributed by atoms with Crippen LogP contribution >= 0.6 is 11.6 Å². The molecule has 7 nitrogen and oxygen atoms in total. The number of anilines is 2. The summed E-state index contributed by atoms with van der Waals surface area (Å²) in [4.78, 5) is 40.3. The number of likely N-dealkylation sites (N-methyl/N-ethyl adjacent to an activating group) is 1. The van der Waals surface area contributed by atoms with E-state index in [0.717, 1.165) is 4.90 Å². The third kappa shape index (κ3) is 4.16. The summed E-state index contributed by atoms with van der Waals surface area (Å²) in [6.45, 7) is 1.43. The first-order valence-corrected chi connectivity index (χ1v) is 9.30. The van der Waals surface area contributed by atoms with Gasteiger partial charge in [-0.15, -0.1) is 0 Å². The molecule has 1 aliphatic heterocycles. The molecule has 2 aromatic carbocycles. The fourth-order valence-electron chi connectivity index (χ4n) is 3.14. The molecular weight excluding hydrogens is 394 g/mol. The Morgan fingerprint density at radius 1 is 1.07 bits per heavy atom. The van der Waals surface area contributed by atoms with Gasteiger partial charge in [0.2, 0.25) is 5.91 Å². The Balaban J connectivity index is 2.06. The number of carbonyl (C=O) groups excluding carboxylic acids is 3. The Labute approximate surface area is 173 Å². The average molecular weight is 414 g/mol. The van der Waals surface area contributed by atoms with Gasteiger partial charge in [0.25, 0.3) is 11.8 Å². The Morgan fingerprint density at radius 3 is 2.24 bits per heavy atom. The number of halogens is 1. The highest BCUT2D eigenvalue weighted by molar-refractivity contribution is 6.45. The van der Waals surface area contributed by atoms with Gasteiger partial charge in [0.1, 0.15) is 5.70 Å². The van der Waals surface area contributed by atoms with Gasteiger partial charge in [-0.3, -0.25) is 14.4 Å². The minimum atomic E-state index is -0.478. The zero-order valence-corrected chi connectivity index (χ0v) is 16.7. The number of aliphatic hydroxyl groups is 1. The molecule has 2 N–H and O–H groups in total. The fourth-order valence-corrected chi connectivity index (χ4v) is 3.27. The van der Waals surface area contributed by atoms with E-state index in [1.807, 2.05) is 0 Å². The molecule has 0 fully saturated rings. The zero-order chi connectivity index (χ0) is 21.1. The van der Waals surface area contributed by atoms with E-state index in [-0.39, 0.29) is 30.3 Å². The van der Waals surface area contributed by atoms with Gasteiger partial charge >= 0.3 is 0 Å². The Morgan fingerprint density at radius 2 is 1.69 bits per heavy atom. The van der Waals surface area contributed by atoms with Crippen LogP contribution in [0.3, 0.4) is 0 Å². The SMILES string of the molecule is CC(=O)Nc1ccc(C2=C(N(C)CCO)C(=O)N(c3ccc(Cl)cc3)C2=O)cc1. The fraction of sp³-hybridized carbons (Fsp3) is 0.190. The predicted molar refractivity (Wildman–Crippen MR) is 111 cm³/mol. The summed E-state index contributed by atoms with van der Waals surface area (Å²) in [5, 5.41) is 12.5. The molecule has 0 aliphatic carbocycles. The zero-order valence-electron chi connectivity index (χ0n) is 16.0. The first-order valence-electron chi connectivity index (χ1n) is 8.92. The van der Waals surface area contributed by atoms with Crippen LogP contribution in [-0.4, -0.2) is 47.9 Å². The van der Waals surface area contributed by atoms with E-state index < -0.39 is 11.8 Å². The smallest absolute Gasteiger partial charge is 0.282 e. The van der Waals surface area contributed by atoms with Crippen LogP contribution in [0.15, 0.2) is 54.2 Å². The van der Waals surface area contributed by atoms with E-state index in [2.05, 4.69) is 5.32 Å². The molecule has 0 radical (unpaired) electrons. The lowest BCUT2D eigenvalue weighted by molar-refractivity contribution is -0.120. The van der Waals surface area contributed by atoms with E-state index in [1.54, 1.807) is 60.5 Å². The third-order valence-corrected chi connectivity index (χ3v) is 4.71. The molecule has 0 saturated carbocycles. The summed E-state index contributed by atoms with van der Waals surface area (Å²) < 4.78 is 0. The Bertz CT molecular complexity index is 984. The molecular formula is C21H20ClN3O4. The second kappa shape index (κ2) is 8.46. The highest BCUT2D eigenvalue weighted by atomic mass is 35.5. The minimum absolute atomic E-state index is 0.169. The minimum Gasteiger partial charge on any atom is -0.395 e. The van der Waals surface area contributed by atoms with E-state index in [9.17, 15) is 19.5 Å². The van der Waals surface area contributed by atoms with Crippen molar-refractivity contribution in [1.29, 1.82) is 0 Å². The van der Waals surface area contributed by atoms with Crippen LogP contribution in [0.1, 0.15) is 12.5 Å². The molecule has 0 saturated heterocycles. The first kappa shape index (κ1) is 20.6. The van der Waals surface area contributed by atoms with Crippen molar-refractivity contribution in [2.75, 3.05) is 30.4 Å². The van der Waals surface area contributed by atoms with Crippen LogP contribution in [-0.2, 0) is 14.4 Å². The first-order chi connectivity index (χ1) is 13.8. The molecule has 1 heterocycles. The third-order valence-electron chi connectivity index (χ3n) is 4.46. The molecule has 150 valence electrons. The van der Waals surface area contributed by atoms with Crippen molar-refractivity contribution < 1.29 is 19.5 Å². The number of aliphatic hydroxyl groups excluding tert-OH is 1. The standard InChI is InChI=1S/C21H20ClN3O4/c1-13(27)23-16-7-3-14(4-8-16)18-19(24(2)11-12-26)21(29)25(20(18)28)17-9-5-15(22)6-10-17/h3-10,26H,11-12H2,1-2H3,(H,23,27). The van der Waals surface area contributed by atoms with Gasteiger partial charge in [0.15, 0.2) is 0 Å². The van der Waals surface area contributed by atoms with Crippen LogP contribution < -0.4 is 10.2 Å². The molecule has 0 bridgehead atoms. The van der Waals surface area contributed by atoms with Gasteiger partial charge in [-0.2, -0.15) is 0 Å². The van der Waals surface area contributed by atoms with Crippen molar-refractivity contribution in [2.45, 2.75) is 6.92 Å². The Hall–Kier alpha value is -3.16. The summed E-state index contributed by atoms with van der Waals surface area (Å²) in [7, 11) is 1.65. The number of hydrogen-bond donors (Lipinski definition) is 2. The second-order valence-electron chi connectivity index (χ2n) is 6.55. The van der Waals surface area contributed by atoms with Crippen molar-refractivity contribution in [3.63, 3.8) is 0 Å². The number of nitrogens with zero attached hydrogens (tertiary/aromatic N) is 2. The maximum atomic E-state index is 13.2. The van der Waals surface area contributed by atoms with Crippen LogP contribution in [0.2, 0.25) is 5.02 Å². The van der Waals surface area contributed by atoms with Gasteiger partial charge in [0.05, 0.1) is 17.9 Å². The molecule has 0 spiro atoms. The van der Waals surface area contributed by atoms with Gasteiger partial charge in [-0.25, -0.2) is 4.90 Å². The molecule has 29 heavy (non-hydrogen) atoms. The lowest BCUT2D eigenvalue weighted by atomic mass is 10.0. The number of amides is 3. The number of imide groups is 1. The van der Waals surface area contributed by atoms with Crippen LogP contribution in [0.5, 0.6) is 0 Å². The maximum absolute atomic E-state index is 13.2. The molecule has 3 rings (SSSR count). The molecule has 0 atom stereocenters. The normalized spacial score (nSPS) is 13.9. The second-order valence-corrected chi connectivity index (χ2v) is 6.99. The van der Waals surface area contributed by atoms with Crippen LogP contribution in [0, 0.1) is 0 Å². The molecule has 3 amide bonds. The van der Waals surface area contributed by atoms with Gasteiger partial charge in [-0.05, 0) is 42.0 Å². The number of carbonyl (C=O) groups is 3. The lowest BCUT2D eigenvalue weighted by Crippen LogP contribution is -2.34. The largest absolute Gasteiger partial charge is 0.395 e. The lowest BCUT2D eigenvalue weighted by Gasteiger charge is -2.20. The van der Waals surface area contributed by atoms with E-state index in [0.29, 0.717) is 22.0 Å². The van der Waals surface area contributed by atoms with E-state index >= 15 is 0 Å². The van der Waals surface area contributed by atoms with Crippen molar-refractivity contribution in [2.24, 2.45) is 0 Å². The molecule has 0 unspecified atom stereocenters. The quantitative estimate of drug-likeness (QED) is 0.710. The average Bonchev–Trinajstić information content (AvgIpc) is 2.93. The molecule has 1 aliphatic rings. The highest BCUT2D eigenvalue weighted by Gasteiger charge is 2.41. The summed E-state index contributed by atoms with van der Waals surface area (Å²) in [6.07, 6.45) is 0. The number of rotatable bonds is 6. The molecule has 0 aromatic heterocycles. The number of hydrogen-bond acceptors (Lipinski definition) is 5. The van der Waals surface area contributed by atoms with Crippen LogP contribution in [0.25, 0.3) is 5.57 Å². The summed E-state index contributed by atoms with van der Waals surface area (Å²) in [5.74, 6) is -1.15. The van der Waals surface area contributed by atoms with Gasteiger partial charge in [-0.1, -0.05) is 23.7 Å². The highest BCUT2D eigenvalue weighted by Crippen LogP contribution is 2.35. The van der Waals surface area contributed by atoms with Gasteiger partial charge in [0, 0.05) is 31.2 Å². The van der Waals surface area contributed by atoms with Crippen LogP contribution in [0.4, 0.5) is 11.4 Å². The number of nitrogens with one attached hydrogen (secondary N) is 1. The summed E-state index contributed by atoms with van der Waals surface area (Å²) in [5.41, 5.74) is 1.96. The predicted octanol–water partition coefficient (Wildman–Crippen LogP) is 2.51. The van der Waals surface area contributed by atoms with Crippen molar-refractivity contribution in [3.05, 3.63) is 64.8 Å².